The average molecular weight is 327 g/mol. The van der Waals surface area contributed by atoms with E-state index in [-0.39, 0.29) is 6.04 Å². The second-order valence-corrected chi connectivity index (χ2v) is 6.08. The molecule has 4 nitrogen and oxygen atoms in total. The lowest BCUT2D eigenvalue weighted by Crippen LogP contribution is -2.53. The second-order valence-electron chi connectivity index (χ2n) is 5.16. The van der Waals surface area contributed by atoms with E-state index in [9.17, 15) is 0 Å². The van der Waals surface area contributed by atoms with Gasteiger partial charge in [0.15, 0.2) is 0 Å². The number of likely N-dealkylation sites (N-methyl/N-ethyl adjacent to an activating group) is 1. The SMILES string of the molecule is CCN1CCN(C(CN)c2cncc(Br)c2)CC1C. The van der Waals surface area contributed by atoms with Crippen molar-refractivity contribution in [2.24, 2.45) is 5.73 Å². The molecule has 1 saturated heterocycles. The predicted molar refractivity (Wildman–Crippen MR) is 82.0 cm³/mol. The van der Waals surface area contributed by atoms with Crippen LogP contribution < -0.4 is 5.73 Å². The van der Waals surface area contributed by atoms with E-state index in [2.05, 4.69) is 50.6 Å². The third-order valence-corrected chi connectivity index (χ3v) is 4.41. The lowest BCUT2D eigenvalue weighted by Gasteiger charge is -2.42. The van der Waals surface area contributed by atoms with E-state index in [1.165, 1.54) is 5.56 Å². The Morgan fingerprint density at radius 3 is 2.84 bits per heavy atom. The van der Waals surface area contributed by atoms with Crippen LogP contribution in [0.3, 0.4) is 0 Å². The molecule has 0 bridgehead atoms. The largest absolute Gasteiger partial charge is 0.329 e. The Hall–Kier alpha value is -0.490. The molecule has 2 atom stereocenters. The number of nitrogens with zero attached hydrogens (tertiary/aromatic N) is 3. The second kappa shape index (κ2) is 6.79. The van der Waals surface area contributed by atoms with Gasteiger partial charge in [-0.3, -0.25) is 14.8 Å². The number of halogens is 1. The quantitative estimate of drug-likeness (QED) is 0.917. The standard InChI is InChI=1S/C14H23BrN4/c1-3-18-4-5-19(10-11(18)2)14(7-16)12-6-13(15)9-17-8-12/h6,8-9,11,14H,3-5,7,10,16H2,1-2H3. The zero-order valence-corrected chi connectivity index (χ0v) is 13.3. The van der Waals surface area contributed by atoms with Gasteiger partial charge in [-0.15, -0.1) is 0 Å². The van der Waals surface area contributed by atoms with Crippen LogP contribution in [-0.4, -0.2) is 53.5 Å². The first-order valence-corrected chi connectivity index (χ1v) is 7.73. The highest BCUT2D eigenvalue weighted by Crippen LogP contribution is 2.24. The molecule has 0 amide bonds. The van der Waals surface area contributed by atoms with Crippen molar-refractivity contribution in [3.8, 4) is 0 Å². The Morgan fingerprint density at radius 2 is 2.26 bits per heavy atom. The molecule has 2 rings (SSSR count). The molecule has 1 aromatic rings. The molecule has 19 heavy (non-hydrogen) atoms. The minimum atomic E-state index is 0.270. The van der Waals surface area contributed by atoms with Crippen LogP contribution in [0.4, 0.5) is 0 Å². The molecule has 0 aromatic carbocycles. The molecule has 2 unspecified atom stereocenters. The van der Waals surface area contributed by atoms with Gasteiger partial charge in [0.2, 0.25) is 0 Å². The van der Waals surface area contributed by atoms with Gasteiger partial charge in [0.25, 0.3) is 0 Å². The van der Waals surface area contributed by atoms with Crippen LogP contribution in [0.5, 0.6) is 0 Å². The highest BCUT2D eigenvalue weighted by molar-refractivity contribution is 9.10. The highest BCUT2D eigenvalue weighted by Gasteiger charge is 2.27. The smallest absolute Gasteiger partial charge is 0.0487 e. The maximum atomic E-state index is 6.00. The number of hydrogen-bond acceptors (Lipinski definition) is 4. The van der Waals surface area contributed by atoms with Crippen LogP contribution >= 0.6 is 15.9 Å². The molecule has 106 valence electrons. The van der Waals surface area contributed by atoms with Gasteiger partial charge in [-0.1, -0.05) is 6.92 Å². The fraction of sp³-hybridized carbons (Fsp3) is 0.643. The summed E-state index contributed by atoms with van der Waals surface area (Å²) in [6, 6.07) is 2.99. The van der Waals surface area contributed by atoms with Crippen molar-refractivity contribution in [1.82, 2.24) is 14.8 Å². The third kappa shape index (κ3) is 3.54. The van der Waals surface area contributed by atoms with Crippen molar-refractivity contribution in [2.75, 3.05) is 32.7 Å². The van der Waals surface area contributed by atoms with Crippen molar-refractivity contribution < 1.29 is 0 Å². The van der Waals surface area contributed by atoms with Crippen molar-refractivity contribution in [2.45, 2.75) is 25.9 Å². The zero-order valence-electron chi connectivity index (χ0n) is 11.7. The van der Waals surface area contributed by atoms with Gasteiger partial charge in [0.05, 0.1) is 0 Å². The number of rotatable bonds is 4. The van der Waals surface area contributed by atoms with Crippen molar-refractivity contribution in [3.05, 3.63) is 28.5 Å². The number of pyridine rings is 1. The van der Waals surface area contributed by atoms with E-state index in [4.69, 9.17) is 5.73 Å². The van der Waals surface area contributed by atoms with E-state index in [0.29, 0.717) is 12.6 Å². The van der Waals surface area contributed by atoms with Gasteiger partial charge in [-0.2, -0.15) is 0 Å². The summed E-state index contributed by atoms with van der Waals surface area (Å²) < 4.78 is 1.02. The van der Waals surface area contributed by atoms with Gasteiger partial charge in [0, 0.05) is 55.1 Å². The number of piperazine rings is 1. The molecular weight excluding hydrogens is 304 g/mol. The van der Waals surface area contributed by atoms with Crippen LogP contribution in [0, 0.1) is 0 Å². The molecule has 1 fully saturated rings. The van der Waals surface area contributed by atoms with Gasteiger partial charge in [-0.05, 0) is 41.0 Å². The molecule has 5 heteroatoms. The van der Waals surface area contributed by atoms with Crippen molar-refractivity contribution >= 4 is 15.9 Å². The Kier molecular flexibility index (Phi) is 5.33. The fourth-order valence-electron chi connectivity index (χ4n) is 2.88. The van der Waals surface area contributed by atoms with Crippen LogP contribution in [0.15, 0.2) is 22.9 Å². The topological polar surface area (TPSA) is 45.4 Å². The highest BCUT2D eigenvalue weighted by atomic mass is 79.9. The first-order valence-electron chi connectivity index (χ1n) is 6.94. The summed E-state index contributed by atoms with van der Waals surface area (Å²) in [6.45, 7) is 9.55. The van der Waals surface area contributed by atoms with E-state index in [1.807, 2.05) is 12.4 Å². The van der Waals surface area contributed by atoms with Crippen molar-refractivity contribution in [1.29, 1.82) is 0 Å². The summed E-state index contributed by atoms with van der Waals surface area (Å²) in [5.41, 5.74) is 7.20. The Morgan fingerprint density at radius 1 is 1.47 bits per heavy atom. The summed E-state index contributed by atoms with van der Waals surface area (Å²) >= 11 is 3.49. The van der Waals surface area contributed by atoms with E-state index >= 15 is 0 Å². The number of nitrogens with two attached hydrogens (primary N) is 1. The maximum Gasteiger partial charge on any atom is 0.0487 e. The van der Waals surface area contributed by atoms with E-state index in [0.717, 1.165) is 30.7 Å². The minimum absolute atomic E-state index is 0.270. The zero-order chi connectivity index (χ0) is 13.8. The molecule has 1 aliphatic heterocycles. The van der Waals surface area contributed by atoms with Crippen LogP contribution in [0.1, 0.15) is 25.5 Å². The van der Waals surface area contributed by atoms with Crippen LogP contribution in [-0.2, 0) is 0 Å². The first kappa shape index (κ1) is 14.9. The fourth-order valence-corrected chi connectivity index (χ4v) is 3.27. The lowest BCUT2D eigenvalue weighted by molar-refractivity contribution is 0.0605. The summed E-state index contributed by atoms with van der Waals surface area (Å²) in [5, 5.41) is 0. The summed E-state index contributed by atoms with van der Waals surface area (Å²) in [6.07, 6.45) is 3.74. The monoisotopic (exact) mass is 326 g/mol. The van der Waals surface area contributed by atoms with E-state index < -0.39 is 0 Å². The molecule has 0 aliphatic carbocycles. The molecule has 1 aromatic heterocycles. The molecule has 2 heterocycles. The summed E-state index contributed by atoms with van der Waals surface area (Å²) in [4.78, 5) is 9.26. The van der Waals surface area contributed by atoms with Gasteiger partial charge >= 0.3 is 0 Å². The van der Waals surface area contributed by atoms with Crippen LogP contribution in [0.25, 0.3) is 0 Å². The van der Waals surface area contributed by atoms with Gasteiger partial charge in [-0.25, -0.2) is 0 Å². The summed E-state index contributed by atoms with van der Waals surface area (Å²) in [5.74, 6) is 0. The molecule has 1 aliphatic rings. The molecule has 0 saturated carbocycles. The molecular formula is C14H23BrN4. The normalized spacial score (nSPS) is 23.5. The Labute approximate surface area is 124 Å². The number of hydrogen-bond donors (Lipinski definition) is 1. The Bertz CT molecular complexity index is 412. The third-order valence-electron chi connectivity index (χ3n) is 3.98. The van der Waals surface area contributed by atoms with Crippen LogP contribution in [0.2, 0.25) is 0 Å². The molecule has 2 N–H and O–H groups in total. The Balaban J connectivity index is 2.10. The summed E-state index contributed by atoms with van der Waals surface area (Å²) in [7, 11) is 0. The van der Waals surface area contributed by atoms with E-state index in [1.54, 1.807) is 0 Å². The first-order chi connectivity index (χ1) is 9.15. The molecule has 0 spiro atoms. The predicted octanol–water partition coefficient (Wildman–Crippen LogP) is 1.87. The van der Waals surface area contributed by atoms with Gasteiger partial charge in [0.1, 0.15) is 0 Å². The lowest BCUT2D eigenvalue weighted by atomic mass is 10.0. The maximum absolute atomic E-state index is 6.00. The van der Waals surface area contributed by atoms with Gasteiger partial charge < -0.3 is 5.73 Å². The molecule has 0 radical (unpaired) electrons. The van der Waals surface area contributed by atoms with Crippen molar-refractivity contribution in [3.63, 3.8) is 0 Å². The average Bonchev–Trinajstić information content (AvgIpc) is 2.40. The number of aromatic nitrogens is 1. The minimum Gasteiger partial charge on any atom is -0.329 e.